The second-order valence-electron chi connectivity index (χ2n) is 4.85. The van der Waals surface area contributed by atoms with Gasteiger partial charge in [-0.15, -0.1) is 0 Å². The molecule has 0 aromatic carbocycles. The van der Waals surface area contributed by atoms with E-state index in [1.54, 1.807) is 0 Å². The van der Waals surface area contributed by atoms with E-state index in [-0.39, 0.29) is 24.7 Å². The second-order valence-corrected chi connectivity index (χ2v) is 6.74. The molecule has 8 heteroatoms. The van der Waals surface area contributed by atoms with Gasteiger partial charge in [0.1, 0.15) is 4.90 Å². The van der Waals surface area contributed by atoms with E-state index in [2.05, 4.69) is 4.98 Å². The number of aliphatic carboxylic acids is 1. The second kappa shape index (κ2) is 6.50. The van der Waals surface area contributed by atoms with Gasteiger partial charge >= 0.3 is 5.97 Å². The summed E-state index contributed by atoms with van der Waals surface area (Å²) in [4.78, 5) is 15.2. The molecular weight excluding hydrogens is 296 g/mol. The number of pyridine rings is 1. The Hall–Kier alpha value is -1.51. The average molecular weight is 314 g/mol. The zero-order chi connectivity index (χ0) is 15.5. The zero-order valence-corrected chi connectivity index (χ0v) is 12.5. The van der Waals surface area contributed by atoms with E-state index >= 15 is 0 Å². The fraction of sp³-hybridized carbons (Fsp3) is 0.538. The van der Waals surface area contributed by atoms with Crippen LogP contribution < -0.4 is 0 Å². The summed E-state index contributed by atoms with van der Waals surface area (Å²) >= 11 is 0. The van der Waals surface area contributed by atoms with E-state index in [1.165, 1.54) is 28.8 Å². The van der Waals surface area contributed by atoms with E-state index in [9.17, 15) is 18.3 Å². The fourth-order valence-corrected chi connectivity index (χ4v) is 4.08. The first-order valence-electron chi connectivity index (χ1n) is 6.71. The van der Waals surface area contributed by atoms with Gasteiger partial charge in [-0.2, -0.15) is 4.31 Å². The highest BCUT2D eigenvalue weighted by Gasteiger charge is 2.42. The molecule has 0 radical (unpaired) electrons. The molecule has 1 aliphatic rings. The van der Waals surface area contributed by atoms with Gasteiger partial charge < -0.3 is 9.84 Å². The minimum atomic E-state index is -3.79. The van der Waals surface area contributed by atoms with Crippen molar-refractivity contribution in [2.24, 2.45) is 5.92 Å². The van der Waals surface area contributed by atoms with Crippen molar-refractivity contribution in [2.45, 2.75) is 24.3 Å². The summed E-state index contributed by atoms with van der Waals surface area (Å²) in [6, 6.07) is 2.31. The Kier molecular flexibility index (Phi) is 4.92. The van der Waals surface area contributed by atoms with Crippen molar-refractivity contribution in [3.05, 3.63) is 24.5 Å². The van der Waals surface area contributed by atoms with Crippen LogP contribution in [0.5, 0.6) is 0 Å². The molecule has 2 atom stereocenters. The van der Waals surface area contributed by atoms with Crippen LogP contribution in [0.4, 0.5) is 0 Å². The molecule has 2 rings (SSSR count). The molecule has 0 aliphatic carbocycles. The van der Waals surface area contributed by atoms with Gasteiger partial charge in [0.25, 0.3) is 0 Å². The van der Waals surface area contributed by atoms with Crippen molar-refractivity contribution < 1.29 is 23.1 Å². The van der Waals surface area contributed by atoms with Crippen LogP contribution in [0.15, 0.2) is 29.4 Å². The number of nitrogens with zero attached hydrogens (tertiary/aromatic N) is 2. The van der Waals surface area contributed by atoms with Crippen LogP contribution >= 0.6 is 0 Å². The van der Waals surface area contributed by atoms with Gasteiger partial charge in [-0.05, 0) is 18.6 Å². The summed E-state index contributed by atoms with van der Waals surface area (Å²) in [6.07, 6.45) is 3.34. The number of carboxylic acids is 1. The van der Waals surface area contributed by atoms with E-state index in [1.807, 2.05) is 6.92 Å². The molecule has 1 saturated heterocycles. The summed E-state index contributed by atoms with van der Waals surface area (Å²) in [5, 5.41) is 9.22. The Labute approximate surface area is 123 Å². The van der Waals surface area contributed by atoms with Gasteiger partial charge in [0, 0.05) is 18.9 Å². The third kappa shape index (κ3) is 3.22. The number of hydrogen-bond donors (Lipinski definition) is 1. The van der Waals surface area contributed by atoms with E-state index in [0.717, 1.165) is 0 Å². The lowest BCUT2D eigenvalue weighted by atomic mass is 10.0. The molecule has 1 aromatic heterocycles. The van der Waals surface area contributed by atoms with E-state index < -0.39 is 28.0 Å². The SMILES string of the molecule is CCCN(C1COCC1C(=O)O)S(=O)(=O)c1cccnc1. The Morgan fingerprint density at radius 3 is 2.86 bits per heavy atom. The van der Waals surface area contributed by atoms with E-state index in [0.29, 0.717) is 6.42 Å². The van der Waals surface area contributed by atoms with Crippen molar-refractivity contribution in [3.8, 4) is 0 Å². The quantitative estimate of drug-likeness (QED) is 0.825. The smallest absolute Gasteiger partial charge is 0.310 e. The molecule has 0 spiro atoms. The summed E-state index contributed by atoms with van der Waals surface area (Å²) in [7, 11) is -3.79. The molecule has 21 heavy (non-hydrogen) atoms. The highest BCUT2D eigenvalue weighted by molar-refractivity contribution is 7.89. The molecule has 2 unspecified atom stereocenters. The van der Waals surface area contributed by atoms with Crippen molar-refractivity contribution in [3.63, 3.8) is 0 Å². The number of carboxylic acid groups (broad SMARTS) is 1. The maximum Gasteiger partial charge on any atom is 0.310 e. The number of carbonyl (C=O) groups is 1. The Balaban J connectivity index is 2.37. The number of rotatable bonds is 6. The summed E-state index contributed by atoms with van der Waals surface area (Å²) in [6.45, 7) is 2.21. The van der Waals surface area contributed by atoms with Crippen LogP contribution in [0.3, 0.4) is 0 Å². The predicted octanol–water partition coefficient (Wildman–Crippen LogP) is 0.582. The maximum absolute atomic E-state index is 12.7. The van der Waals surface area contributed by atoms with Gasteiger partial charge in [0.05, 0.1) is 25.2 Å². The first-order valence-corrected chi connectivity index (χ1v) is 8.15. The van der Waals surface area contributed by atoms with Crippen molar-refractivity contribution in [1.29, 1.82) is 0 Å². The molecule has 1 aliphatic heterocycles. The van der Waals surface area contributed by atoms with E-state index in [4.69, 9.17) is 4.74 Å². The first kappa shape index (κ1) is 15.9. The number of hydrogen-bond acceptors (Lipinski definition) is 5. The lowest BCUT2D eigenvalue weighted by molar-refractivity contribution is -0.142. The fourth-order valence-electron chi connectivity index (χ4n) is 2.38. The van der Waals surface area contributed by atoms with Crippen LogP contribution in [0.1, 0.15) is 13.3 Å². The number of aromatic nitrogens is 1. The van der Waals surface area contributed by atoms with Crippen molar-refractivity contribution in [2.75, 3.05) is 19.8 Å². The standard InChI is InChI=1S/C13H18N2O5S/c1-2-6-15(12-9-20-8-11(12)13(16)17)21(18,19)10-4-3-5-14-7-10/h3-5,7,11-12H,2,6,8-9H2,1H3,(H,16,17). The molecule has 7 nitrogen and oxygen atoms in total. The monoisotopic (exact) mass is 314 g/mol. The molecule has 1 N–H and O–H groups in total. The summed E-state index contributed by atoms with van der Waals surface area (Å²) in [5.74, 6) is -1.89. The molecular formula is C13H18N2O5S. The van der Waals surface area contributed by atoms with Gasteiger partial charge in [0.2, 0.25) is 10.0 Å². The van der Waals surface area contributed by atoms with Crippen molar-refractivity contribution in [1.82, 2.24) is 9.29 Å². The largest absolute Gasteiger partial charge is 0.481 e. The third-order valence-corrected chi connectivity index (χ3v) is 5.33. The summed E-state index contributed by atoms with van der Waals surface area (Å²) < 4.78 is 31.8. The molecule has 0 amide bonds. The lowest BCUT2D eigenvalue weighted by Crippen LogP contribution is -2.46. The van der Waals surface area contributed by atoms with Gasteiger partial charge in [-0.1, -0.05) is 6.92 Å². The highest BCUT2D eigenvalue weighted by atomic mass is 32.2. The lowest BCUT2D eigenvalue weighted by Gasteiger charge is -2.29. The zero-order valence-electron chi connectivity index (χ0n) is 11.7. The van der Waals surface area contributed by atoms with Crippen LogP contribution in [0.2, 0.25) is 0 Å². The van der Waals surface area contributed by atoms with Gasteiger partial charge in [-0.3, -0.25) is 9.78 Å². The first-order chi connectivity index (χ1) is 9.98. The van der Waals surface area contributed by atoms with Gasteiger partial charge in [0.15, 0.2) is 0 Å². The number of sulfonamides is 1. The maximum atomic E-state index is 12.7. The minimum Gasteiger partial charge on any atom is -0.481 e. The molecule has 116 valence electrons. The molecule has 0 saturated carbocycles. The normalized spacial score (nSPS) is 22.6. The average Bonchev–Trinajstić information content (AvgIpc) is 2.94. The Morgan fingerprint density at radius 1 is 1.52 bits per heavy atom. The van der Waals surface area contributed by atoms with Crippen LogP contribution in [0.25, 0.3) is 0 Å². The molecule has 2 heterocycles. The molecule has 1 aromatic rings. The van der Waals surface area contributed by atoms with Crippen LogP contribution in [0, 0.1) is 5.92 Å². The topological polar surface area (TPSA) is 96.8 Å². The van der Waals surface area contributed by atoms with Gasteiger partial charge in [-0.25, -0.2) is 8.42 Å². The Morgan fingerprint density at radius 2 is 2.29 bits per heavy atom. The molecule has 0 bridgehead atoms. The summed E-state index contributed by atoms with van der Waals surface area (Å²) in [5.41, 5.74) is 0. The van der Waals surface area contributed by atoms with Crippen LogP contribution in [-0.4, -0.2) is 54.6 Å². The third-order valence-electron chi connectivity index (χ3n) is 3.42. The Bertz CT molecular complexity index is 590. The predicted molar refractivity (Wildman–Crippen MR) is 74.2 cm³/mol. The van der Waals surface area contributed by atoms with Crippen molar-refractivity contribution >= 4 is 16.0 Å². The highest BCUT2D eigenvalue weighted by Crippen LogP contribution is 2.26. The van der Waals surface area contributed by atoms with Crippen LogP contribution in [-0.2, 0) is 19.6 Å². The molecule has 1 fully saturated rings. The number of ether oxygens (including phenoxy) is 1. The minimum absolute atomic E-state index is 0.0305.